The molecule has 84 valence electrons. The topological polar surface area (TPSA) is 12.0 Å². The number of aryl methyl sites for hydroxylation is 1. The van der Waals surface area contributed by atoms with Gasteiger partial charge in [0.05, 0.1) is 5.69 Å². The van der Waals surface area contributed by atoms with Crippen molar-refractivity contribution in [2.45, 2.75) is 33.6 Å². The van der Waals surface area contributed by atoms with Crippen LogP contribution in [0.2, 0.25) is 0 Å². The van der Waals surface area contributed by atoms with Gasteiger partial charge in [-0.05, 0) is 37.0 Å². The highest BCUT2D eigenvalue weighted by Gasteiger charge is 2.02. The summed E-state index contributed by atoms with van der Waals surface area (Å²) in [5.74, 6) is 0.546. The van der Waals surface area contributed by atoms with E-state index in [9.17, 15) is 4.39 Å². The van der Waals surface area contributed by atoms with Crippen molar-refractivity contribution in [3.8, 4) is 0 Å². The van der Waals surface area contributed by atoms with Crippen LogP contribution in [-0.2, 0) is 0 Å². The molecule has 1 atom stereocenters. The zero-order chi connectivity index (χ0) is 11.3. The molecule has 0 aliphatic heterocycles. The van der Waals surface area contributed by atoms with Crippen molar-refractivity contribution < 1.29 is 4.39 Å². The normalized spacial score (nSPS) is 12.5. The number of rotatable bonds is 5. The van der Waals surface area contributed by atoms with Gasteiger partial charge in [0.25, 0.3) is 0 Å². The summed E-state index contributed by atoms with van der Waals surface area (Å²) in [6.45, 7) is 7.13. The molecular weight excluding hydrogens is 189 g/mol. The summed E-state index contributed by atoms with van der Waals surface area (Å²) in [5.41, 5.74) is 1.57. The van der Waals surface area contributed by atoms with Crippen LogP contribution in [0.4, 0.5) is 10.1 Å². The monoisotopic (exact) mass is 209 g/mol. The van der Waals surface area contributed by atoms with Gasteiger partial charge in [-0.25, -0.2) is 4.39 Å². The maximum Gasteiger partial charge on any atom is 0.146 e. The lowest BCUT2D eigenvalue weighted by Crippen LogP contribution is -2.07. The highest BCUT2D eigenvalue weighted by Crippen LogP contribution is 2.16. The third-order valence-electron chi connectivity index (χ3n) is 2.77. The van der Waals surface area contributed by atoms with Crippen LogP contribution in [0.15, 0.2) is 18.2 Å². The summed E-state index contributed by atoms with van der Waals surface area (Å²) in [6, 6.07) is 5.29. The first-order valence-corrected chi connectivity index (χ1v) is 5.63. The Balaban J connectivity index is 2.44. The molecule has 0 saturated carbocycles. The molecule has 0 saturated heterocycles. The Labute approximate surface area is 91.7 Å². The molecule has 0 bridgehead atoms. The van der Waals surface area contributed by atoms with Gasteiger partial charge in [0, 0.05) is 6.54 Å². The molecule has 1 rings (SSSR count). The Morgan fingerprint density at radius 1 is 1.40 bits per heavy atom. The van der Waals surface area contributed by atoms with Crippen molar-refractivity contribution in [2.75, 3.05) is 11.9 Å². The molecule has 1 unspecified atom stereocenters. The zero-order valence-electron chi connectivity index (χ0n) is 9.81. The van der Waals surface area contributed by atoms with Gasteiger partial charge >= 0.3 is 0 Å². The first kappa shape index (κ1) is 12.0. The minimum atomic E-state index is -0.154. The molecule has 0 fully saturated rings. The molecule has 2 heteroatoms. The van der Waals surface area contributed by atoms with Crippen LogP contribution >= 0.6 is 0 Å². The fourth-order valence-corrected chi connectivity index (χ4v) is 1.42. The Morgan fingerprint density at radius 2 is 2.13 bits per heavy atom. The van der Waals surface area contributed by atoms with E-state index in [1.807, 2.05) is 13.0 Å². The summed E-state index contributed by atoms with van der Waals surface area (Å²) < 4.78 is 13.4. The fraction of sp³-hybridized carbons (Fsp3) is 0.538. The Morgan fingerprint density at radius 3 is 2.73 bits per heavy atom. The number of hydrogen-bond acceptors (Lipinski definition) is 1. The molecule has 0 radical (unpaired) electrons. The van der Waals surface area contributed by atoms with Crippen LogP contribution in [0.25, 0.3) is 0 Å². The largest absolute Gasteiger partial charge is 0.383 e. The van der Waals surface area contributed by atoms with Crippen LogP contribution in [0, 0.1) is 18.7 Å². The lowest BCUT2D eigenvalue weighted by Gasteiger charge is -2.11. The lowest BCUT2D eigenvalue weighted by atomic mass is 10.1. The van der Waals surface area contributed by atoms with Gasteiger partial charge in [0.1, 0.15) is 5.82 Å². The highest BCUT2D eigenvalue weighted by molar-refractivity contribution is 5.45. The summed E-state index contributed by atoms with van der Waals surface area (Å²) >= 11 is 0. The smallest absolute Gasteiger partial charge is 0.146 e. The van der Waals surface area contributed by atoms with Crippen LogP contribution in [0.3, 0.4) is 0 Å². The van der Waals surface area contributed by atoms with Crippen molar-refractivity contribution in [3.05, 3.63) is 29.6 Å². The summed E-state index contributed by atoms with van der Waals surface area (Å²) in [4.78, 5) is 0. The van der Waals surface area contributed by atoms with Gasteiger partial charge in [-0.15, -0.1) is 0 Å². The van der Waals surface area contributed by atoms with Crippen molar-refractivity contribution in [3.63, 3.8) is 0 Å². The van der Waals surface area contributed by atoms with Crippen LogP contribution in [-0.4, -0.2) is 6.54 Å². The second-order valence-corrected chi connectivity index (χ2v) is 4.21. The van der Waals surface area contributed by atoms with E-state index < -0.39 is 0 Å². The first-order chi connectivity index (χ1) is 7.13. The molecular formula is C13H20FN. The fourth-order valence-electron chi connectivity index (χ4n) is 1.42. The van der Waals surface area contributed by atoms with E-state index in [0.717, 1.165) is 18.5 Å². The van der Waals surface area contributed by atoms with E-state index in [0.29, 0.717) is 11.6 Å². The van der Waals surface area contributed by atoms with Gasteiger partial charge in [-0.2, -0.15) is 0 Å². The second-order valence-electron chi connectivity index (χ2n) is 4.21. The number of benzene rings is 1. The van der Waals surface area contributed by atoms with Crippen LogP contribution in [0.5, 0.6) is 0 Å². The van der Waals surface area contributed by atoms with Crippen LogP contribution in [0.1, 0.15) is 32.3 Å². The van der Waals surface area contributed by atoms with Gasteiger partial charge in [0.2, 0.25) is 0 Å². The van der Waals surface area contributed by atoms with Crippen LogP contribution < -0.4 is 5.32 Å². The first-order valence-electron chi connectivity index (χ1n) is 5.63. The third-order valence-corrected chi connectivity index (χ3v) is 2.77. The molecule has 0 aromatic heterocycles. The Hall–Kier alpha value is -1.05. The van der Waals surface area contributed by atoms with Gasteiger partial charge < -0.3 is 5.32 Å². The van der Waals surface area contributed by atoms with Crippen molar-refractivity contribution >= 4 is 5.69 Å². The van der Waals surface area contributed by atoms with Gasteiger partial charge in [0.15, 0.2) is 0 Å². The number of nitrogens with one attached hydrogen (secondary N) is 1. The molecule has 1 nitrogen and oxygen atoms in total. The predicted octanol–water partition coefficient (Wildman–Crippen LogP) is 3.98. The average molecular weight is 209 g/mol. The highest BCUT2D eigenvalue weighted by atomic mass is 19.1. The average Bonchev–Trinajstić information content (AvgIpc) is 2.21. The molecule has 0 aliphatic rings. The maximum absolute atomic E-state index is 13.4. The van der Waals surface area contributed by atoms with E-state index in [-0.39, 0.29) is 5.82 Å². The van der Waals surface area contributed by atoms with Crippen molar-refractivity contribution in [2.24, 2.45) is 5.92 Å². The van der Waals surface area contributed by atoms with E-state index >= 15 is 0 Å². The quantitative estimate of drug-likeness (QED) is 0.773. The molecule has 0 heterocycles. The molecule has 1 aromatic carbocycles. The third kappa shape index (κ3) is 3.90. The van der Waals surface area contributed by atoms with E-state index in [2.05, 4.69) is 19.2 Å². The van der Waals surface area contributed by atoms with Gasteiger partial charge in [-0.3, -0.25) is 0 Å². The molecule has 1 aromatic rings. The maximum atomic E-state index is 13.4. The summed E-state index contributed by atoms with van der Waals surface area (Å²) in [7, 11) is 0. The minimum Gasteiger partial charge on any atom is -0.383 e. The predicted molar refractivity (Wildman–Crippen MR) is 63.7 cm³/mol. The zero-order valence-corrected chi connectivity index (χ0v) is 9.81. The number of hydrogen-bond donors (Lipinski definition) is 1. The Bertz CT molecular complexity index is 309. The van der Waals surface area contributed by atoms with Crippen molar-refractivity contribution in [1.82, 2.24) is 0 Å². The lowest BCUT2D eigenvalue weighted by molar-refractivity contribution is 0.530. The van der Waals surface area contributed by atoms with Crippen molar-refractivity contribution in [1.29, 1.82) is 0 Å². The van der Waals surface area contributed by atoms with Gasteiger partial charge in [-0.1, -0.05) is 26.3 Å². The van der Waals surface area contributed by atoms with E-state index in [4.69, 9.17) is 0 Å². The summed E-state index contributed by atoms with van der Waals surface area (Å²) in [5, 5.41) is 3.13. The Kier molecular flexibility index (Phi) is 4.60. The number of anilines is 1. The number of halogens is 1. The van der Waals surface area contributed by atoms with E-state index in [1.165, 1.54) is 6.42 Å². The summed E-state index contributed by atoms with van der Waals surface area (Å²) in [6.07, 6.45) is 2.27. The molecule has 15 heavy (non-hydrogen) atoms. The SMILES string of the molecule is CCC(C)CCNc1ccc(C)cc1F. The van der Waals surface area contributed by atoms with E-state index in [1.54, 1.807) is 12.1 Å². The second kappa shape index (κ2) is 5.74. The molecule has 0 amide bonds. The molecule has 0 spiro atoms. The molecule has 0 aliphatic carbocycles. The standard InChI is InChI=1S/C13H20FN/c1-4-10(2)7-8-15-13-6-5-11(3)9-12(13)14/h5-6,9-10,15H,4,7-8H2,1-3H3. The molecule has 1 N–H and O–H groups in total. The minimum absolute atomic E-state index is 0.154.